The molecule has 0 saturated carbocycles. The number of carbonyl (C=O) groups excluding carboxylic acids is 1. The van der Waals surface area contributed by atoms with E-state index in [0.717, 1.165) is 24.8 Å². The third kappa shape index (κ3) is 3.44. The van der Waals surface area contributed by atoms with Crippen LogP contribution in [0.25, 0.3) is 0 Å². The van der Waals surface area contributed by atoms with E-state index < -0.39 is 13.0 Å². The average molecular weight is 345 g/mol. The number of amides is 1. The lowest BCUT2D eigenvalue weighted by Gasteiger charge is -2.25. The zero-order valence-corrected chi connectivity index (χ0v) is 14.8. The molecule has 1 N–H and O–H groups in total. The van der Waals surface area contributed by atoms with Gasteiger partial charge >= 0.3 is 0 Å². The lowest BCUT2D eigenvalue weighted by molar-refractivity contribution is -0.117. The van der Waals surface area contributed by atoms with Crippen LogP contribution in [-0.4, -0.2) is 19.2 Å². The van der Waals surface area contributed by atoms with Gasteiger partial charge in [0.05, 0.1) is 11.6 Å². The largest absolute Gasteiger partial charge is 0.325 e. The van der Waals surface area contributed by atoms with Crippen LogP contribution >= 0.6 is 7.14 Å². The molecule has 1 aliphatic carbocycles. The molecule has 2 aromatic rings. The summed E-state index contributed by atoms with van der Waals surface area (Å²) >= 11 is 0. The second kappa shape index (κ2) is 6.52. The SMILES string of the molecule is CP(C)(=O)c1cc(F)ccc1NC(=O)C1CCCc2ccccc21. The highest BCUT2D eigenvalue weighted by atomic mass is 31.2. The van der Waals surface area contributed by atoms with Crippen molar-refractivity contribution in [3.05, 3.63) is 59.4 Å². The number of benzene rings is 2. The third-order valence-corrected chi connectivity index (χ3v) is 6.01. The van der Waals surface area contributed by atoms with Crippen molar-refractivity contribution < 1.29 is 13.8 Å². The van der Waals surface area contributed by atoms with Crippen molar-refractivity contribution in [2.75, 3.05) is 18.6 Å². The van der Waals surface area contributed by atoms with Crippen LogP contribution in [0, 0.1) is 5.82 Å². The predicted molar refractivity (Wildman–Crippen MR) is 96.2 cm³/mol. The summed E-state index contributed by atoms with van der Waals surface area (Å²) in [5, 5.41) is 3.25. The predicted octanol–water partition coefficient (Wildman–Crippen LogP) is 4.13. The molecule has 3 nitrogen and oxygen atoms in total. The molecule has 0 saturated heterocycles. The average Bonchev–Trinajstić information content (AvgIpc) is 2.55. The summed E-state index contributed by atoms with van der Waals surface area (Å²) in [5.41, 5.74) is 2.71. The Labute approximate surface area is 141 Å². The van der Waals surface area contributed by atoms with Gasteiger partial charge in [0.2, 0.25) is 5.91 Å². The van der Waals surface area contributed by atoms with Crippen molar-refractivity contribution >= 4 is 24.0 Å². The van der Waals surface area contributed by atoms with Crippen LogP contribution in [-0.2, 0) is 15.8 Å². The molecular weight excluding hydrogens is 324 g/mol. The molecule has 126 valence electrons. The van der Waals surface area contributed by atoms with Gasteiger partial charge < -0.3 is 9.88 Å². The molecule has 1 amide bonds. The number of rotatable bonds is 3. The van der Waals surface area contributed by atoms with E-state index in [1.165, 1.54) is 23.8 Å². The van der Waals surface area contributed by atoms with Crippen LogP contribution in [0.15, 0.2) is 42.5 Å². The van der Waals surface area contributed by atoms with Crippen LogP contribution in [0.3, 0.4) is 0 Å². The molecule has 0 fully saturated rings. The van der Waals surface area contributed by atoms with Gasteiger partial charge in [-0.25, -0.2) is 4.39 Å². The Morgan fingerprint density at radius 1 is 1.21 bits per heavy atom. The summed E-state index contributed by atoms with van der Waals surface area (Å²) in [7, 11) is -2.70. The van der Waals surface area contributed by atoms with E-state index in [-0.39, 0.29) is 11.8 Å². The van der Waals surface area contributed by atoms with Gasteiger partial charge in [0.25, 0.3) is 0 Å². The highest BCUT2D eigenvalue weighted by Crippen LogP contribution is 2.39. The van der Waals surface area contributed by atoms with E-state index in [9.17, 15) is 13.8 Å². The zero-order valence-electron chi connectivity index (χ0n) is 13.9. The Balaban J connectivity index is 1.91. The number of carbonyl (C=O) groups is 1. The molecular formula is C19H21FNO2P. The maximum atomic E-state index is 13.5. The van der Waals surface area contributed by atoms with E-state index >= 15 is 0 Å². The van der Waals surface area contributed by atoms with E-state index in [1.54, 1.807) is 13.3 Å². The first kappa shape index (κ1) is 16.9. The fourth-order valence-corrected chi connectivity index (χ4v) is 4.45. The number of hydrogen-bond acceptors (Lipinski definition) is 2. The minimum Gasteiger partial charge on any atom is -0.325 e. The molecule has 3 rings (SSSR count). The zero-order chi connectivity index (χ0) is 17.3. The number of nitrogens with one attached hydrogen (secondary N) is 1. The van der Waals surface area contributed by atoms with Gasteiger partial charge in [-0.15, -0.1) is 0 Å². The quantitative estimate of drug-likeness (QED) is 0.850. The lowest BCUT2D eigenvalue weighted by atomic mass is 9.82. The topological polar surface area (TPSA) is 46.2 Å². The Kier molecular flexibility index (Phi) is 4.60. The van der Waals surface area contributed by atoms with E-state index in [1.807, 2.05) is 18.2 Å². The Morgan fingerprint density at radius 3 is 2.71 bits per heavy atom. The first-order valence-electron chi connectivity index (χ1n) is 8.10. The second-order valence-corrected chi connectivity index (χ2v) is 9.83. The highest BCUT2D eigenvalue weighted by molar-refractivity contribution is 7.70. The second-order valence-electron chi connectivity index (χ2n) is 6.65. The highest BCUT2D eigenvalue weighted by Gasteiger charge is 2.27. The molecule has 0 aromatic heterocycles. The van der Waals surface area contributed by atoms with Gasteiger partial charge in [-0.2, -0.15) is 0 Å². The molecule has 0 aliphatic heterocycles. The molecule has 1 unspecified atom stereocenters. The van der Waals surface area contributed by atoms with Gasteiger partial charge in [-0.05, 0) is 61.9 Å². The molecule has 0 radical (unpaired) electrons. The molecule has 5 heteroatoms. The maximum absolute atomic E-state index is 13.5. The van der Waals surface area contributed by atoms with Crippen molar-refractivity contribution in [1.29, 1.82) is 0 Å². The van der Waals surface area contributed by atoms with Crippen LogP contribution in [0.5, 0.6) is 0 Å². The van der Waals surface area contributed by atoms with Crippen molar-refractivity contribution in [3.8, 4) is 0 Å². The summed E-state index contributed by atoms with van der Waals surface area (Å²) in [6, 6.07) is 12.0. The maximum Gasteiger partial charge on any atom is 0.231 e. The van der Waals surface area contributed by atoms with Crippen molar-refractivity contribution in [1.82, 2.24) is 0 Å². The number of aryl methyl sites for hydroxylation is 1. The molecule has 1 aliphatic rings. The summed E-state index contributed by atoms with van der Waals surface area (Å²) < 4.78 is 26.0. The molecule has 1 atom stereocenters. The number of fused-ring (bicyclic) bond motifs is 1. The van der Waals surface area contributed by atoms with Gasteiger partial charge in [-0.1, -0.05) is 24.3 Å². The Bertz CT molecular complexity index is 828. The van der Waals surface area contributed by atoms with Crippen molar-refractivity contribution in [2.24, 2.45) is 0 Å². The van der Waals surface area contributed by atoms with Crippen LogP contribution in [0.2, 0.25) is 0 Å². The lowest BCUT2D eigenvalue weighted by Crippen LogP contribution is -2.27. The van der Waals surface area contributed by atoms with Crippen LogP contribution in [0.1, 0.15) is 29.9 Å². The number of hydrogen-bond donors (Lipinski definition) is 1. The minimum atomic E-state index is -2.70. The summed E-state index contributed by atoms with van der Waals surface area (Å²) in [6.45, 7) is 3.15. The number of anilines is 1. The smallest absolute Gasteiger partial charge is 0.231 e. The summed E-state index contributed by atoms with van der Waals surface area (Å²) in [6.07, 6.45) is 2.74. The summed E-state index contributed by atoms with van der Waals surface area (Å²) in [4.78, 5) is 12.8. The third-order valence-electron chi connectivity index (χ3n) is 4.48. The van der Waals surface area contributed by atoms with Crippen molar-refractivity contribution in [3.63, 3.8) is 0 Å². The minimum absolute atomic E-state index is 0.122. The molecule has 2 aromatic carbocycles. The van der Waals surface area contributed by atoms with Gasteiger partial charge in [0, 0.05) is 5.30 Å². The molecule has 0 heterocycles. The van der Waals surface area contributed by atoms with Gasteiger partial charge in [0.1, 0.15) is 13.0 Å². The van der Waals surface area contributed by atoms with Crippen LogP contribution < -0.4 is 10.6 Å². The molecule has 0 spiro atoms. The standard InChI is InChI=1S/C19H21FNO2P/c1-24(2,23)18-12-14(20)10-11-17(18)21-19(22)16-9-5-7-13-6-3-4-8-15(13)16/h3-4,6,8,10-12,16H,5,7,9H2,1-2H3,(H,21,22). The van der Waals surface area contributed by atoms with E-state index in [4.69, 9.17) is 0 Å². The van der Waals surface area contributed by atoms with Crippen molar-refractivity contribution in [2.45, 2.75) is 25.2 Å². The number of halogens is 1. The first-order chi connectivity index (χ1) is 11.4. The normalized spacial score (nSPS) is 17.2. The Hall–Kier alpha value is -1.93. The fraction of sp³-hybridized carbons (Fsp3) is 0.316. The first-order valence-corrected chi connectivity index (χ1v) is 10.7. The van der Waals surface area contributed by atoms with Gasteiger partial charge in [-0.3, -0.25) is 4.79 Å². The molecule has 0 bridgehead atoms. The van der Waals surface area contributed by atoms with E-state index in [0.29, 0.717) is 11.0 Å². The Morgan fingerprint density at radius 2 is 1.96 bits per heavy atom. The molecule has 24 heavy (non-hydrogen) atoms. The van der Waals surface area contributed by atoms with Gasteiger partial charge in [0.15, 0.2) is 0 Å². The summed E-state index contributed by atoms with van der Waals surface area (Å²) in [5.74, 6) is -0.792. The van der Waals surface area contributed by atoms with E-state index in [2.05, 4.69) is 11.4 Å². The monoisotopic (exact) mass is 345 g/mol. The fourth-order valence-electron chi connectivity index (χ4n) is 3.30. The van der Waals surface area contributed by atoms with Crippen LogP contribution in [0.4, 0.5) is 10.1 Å².